The zero-order valence-electron chi connectivity index (χ0n) is 5.21. The molecule has 0 aliphatic carbocycles. The molecule has 0 spiro atoms. The molecule has 0 bridgehead atoms. The molecule has 0 radical (unpaired) electrons. The van der Waals surface area contributed by atoms with E-state index < -0.39 is 31.2 Å². The third kappa shape index (κ3) is 1.14. The smallest absolute Gasteiger partial charge is 0.184 e. The van der Waals surface area contributed by atoms with Crippen molar-refractivity contribution in [2.75, 3.05) is 6.61 Å². The van der Waals surface area contributed by atoms with E-state index in [2.05, 4.69) is 4.74 Å². The summed E-state index contributed by atoms with van der Waals surface area (Å²) in [5.41, 5.74) is 0. The average Bonchev–Trinajstić information content (AvgIpc) is 2.17. The van der Waals surface area contributed by atoms with Crippen molar-refractivity contribution >= 4 is 0 Å². The summed E-state index contributed by atoms with van der Waals surface area (Å²) in [4.78, 5) is 0. The summed E-state index contributed by atoms with van der Waals surface area (Å²) in [7, 11) is 0. The lowest BCUT2D eigenvalue weighted by molar-refractivity contribution is -0.132. The van der Waals surface area contributed by atoms with Gasteiger partial charge in [-0.15, -0.1) is 0 Å². The highest BCUT2D eigenvalue weighted by Crippen LogP contribution is 2.18. The lowest BCUT2D eigenvalue weighted by atomic mass is 10.1. The van der Waals surface area contributed by atoms with E-state index in [9.17, 15) is 0 Å². The van der Waals surface area contributed by atoms with Crippen LogP contribution >= 0.6 is 0 Å². The summed E-state index contributed by atoms with van der Waals surface area (Å²) in [5.74, 6) is 0. The maximum Gasteiger partial charge on any atom is 0.184 e. The first-order chi connectivity index (χ1) is 4.66. The number of hydrogen-bond acceptors (Lipinski definition) is 5. The lowest BCUT2D eigenvalue weighted by Gasteiger charge is -2.09. The minimum Gasteiger partial charge on any atom is -0.394 e. The van der Waals surface area contributed by atoms with Gasteiger partial charge in [0.25, 0.3) is 0 Å². The first-order valence-corrected chi connectivity index (χ1v) is 2.97. The number of hydrogen-bond donors (Lipinski definition) is 4. The zero-order valence-corrected chi connectivity index (χ0v) is 5.21. The van der Waals surface area contributed by atoms with Crippen molar-refractivity contribution in [1.29, 1.82) is 0 Å². The summed E-state index contributed by atoms with van der Waals surface area (Å²) in [6.45, 7) is -0.407. The van der Waals surface area contributed by atoms with Gasteiger partial charge in [-0.25, -0.2) is 0 Å². The third-order valence-corrected chi connectivity index (χ3v) is 1.52. The Kier molecular flexibility index (Phi) is 2.22. The van der Waals surface area contributed by atoms with Crippen LogP contribution in [0.2, 0.25) is 0 Å². The minimum absolute atomic E-state index is 0.407. The van der Waals surface area contributed by atoms with Gasteiger partial charge in [0, 0.05) is 0 Å². The standard InChI is InChI=1S/C5H10O5/c6-1-2-3(7)4(8)5(9)10-2/h2-9H,1H2/t2-,3?,4-,5+/m0/s1. The predicted octanol–water partition coefficient (Wildman–Crippen LogP) is -2.58. The molecular formula is C5H10O5. The maximum atomic E-state index is 8.93. The molecule has 0 aromatic carbocycles. The van der Waals surface area contributed by atoms with Gasteiger partial charge in [0.05, 0.1) is 6.61 Å². The van der Waals surface area contributed by atoms with E-state index in [1.807, 2.05) is 0 Å². The Balaban J connectivity index is 2.53. The van der Waals surface area contributed by atoms with Crippen LogP contribution in [0.3, 0.4) is 0 Å². The van der Waals surface area contributed by atoms with Crippen LogP contribution in [0.15, 0.2) is 0 Å². The van der Waals surface area contributed by atoms with Crippen LogP contribution in [0, 0.1) is 0 Å². The Morgan fingerprint density at radius 2 is 1.70 bits per heavy atom. The summed E-state index contributed by atoms with van der Waals surface area (Å²) in [6, 6.07) is 0. The van der Waals surface area contributed by atoms with Crippen molar-refractivity contribution in [3.05, 3.63) is 0 Å². The molecule has 5 heteroatoms. The van der Waals surface area contributed by atoms with Gasteiger partial charge >= 0.3 is 0 Å². The van der Waals surface area contributed by atoms with Crippen molar-refractivity contribution in [1.82, 2.24) is 0 Å². The van der Waals surface area contributed by atoms with Crippen LogP contribution in [-0.2, 0) is 4.74 Å². The number of aliphatic hydroxyl groups is 4. The van der Waals surface area contributed by atoms with Crippen LogP contribution < -0.4 is 0 Å². The maximum absolute atomic E-state index is 8.93. The van der Waals surface area contributed by atoms with Crippen LogP contribution in [0.5, 0.6) is 0 Å². The number of ether oxygens (including phenoxy) is 1. The second kappa shape index (κ2) is 2.81. The van der Waals surface area contributed by atoms with Crippen molar-refractivity contribution in [3.63, 3.8) is 0 Å². The molecular weight excluding hydrogens is 140 g/mol. The predicted molar refractivity (Wildman–Crippen MR) is 30.0 cm³/mol. The van der Waals surface area contributed by atoms with Crippen LogP contribution in [0.25, 0.3) is 0 Å². The minimum atomic E-state index is -1.38. The first kappa shape index (κ1) is 7.90. The molecule has 1 aliphatic heterocycles. The summed E-state index contributed by atoms with van der Waals surface area (Å²) in [5, 5.41) is 35.0. The fraction of sp³-hybridized carbons (Fsp3) is 1.00. The van der Waals surface area contributed by atoms with E-state index >= 15 is 0 Å². The average molecular weight is 150 g/mol. The van der Waals surface area contributed by atoms with Crippen LogP contribution in [0.4, 0.5) is 0 Å². The van der Waals surface area contributed by atoms with Gasteiger partial charge in [-0.2, -0.15) is 0 Å². The molecule has 0 aromatic heterocycles. The SMILES string of the molecule is OC[C@@H]1O[C@@H](O)[C@@H](O)C1O. The van der Waals surface area contributed by atoms with Crippen molar-refractivity contribution < 1.29 is 25.2 Å². The van der Waals surface area contributed by atoms with Gasteiger partial charge in [0.15, 0.2) is 6.29 Å². The van der Waals surface area contributed by atoms with Crippen molar-refractivity contribution in [3.8, 4) is 0 Å². The Bertz CT molecular complexity index is 117. The van der Waals surface area contributed by atoms with Crippen LogP contribution in [0.1, 0.15) is 0 Å². The Hall–Kier alpha value is -0.200. The molecule has 10 heavy (non-hydrogen) atoms. The van der Waals surface area contributed by atoms with Gasteiger partial charge in [-0.1, -0.05) is 0 Å². The second-order valence-electron chi connectivity index (χ2n) is 2.23. The summed E-state index contributed by atoms with van der Waals surface area (Å²) in [6.07, 6.45) is -4.76. The molecule has 0 saturated carbocycles. The Morgan fingerprint density at radius 3 is 1.90 bits per heavy atom. The quantitative estimate of drug-likeness (QED) is 0.329. The van der Waals surface area contributed by atoms with E-state index in [-0.39, 0.29) is 0 Å². The van der Waals surface area contributed by atoms with Gasteiger partial charge < -0.3 is 25.2 Å². The van der Waals surface area contributed by atoms with Crippen LogP contribution in [-0.4, -0.2) is 51.6 Å². The van der Waals surface area contributed by atoms with Gasteiger partial charge in [-0.3, -0.25) is 0 Å². The molecule has 1 fully saturated rings. The summed E-state index contributed by atoms with van der Waals surface area (Å²) >= 11 is 0. The Morgan fingerprint density at radius 1 is 1.10 bits per heavy atom. The van der Waals surface area contributed by atoms with E-state index in [1.165, 1.54) is 0 Å². The molecule has 4 atom stereocenters. The molecule has 1 saturated heterocycles. The summed E-state index contributed by atoms with van der Waals surface area (Å²) < 4.78 is 4.54. The molecule has 0 amide bonds. The fourth-order valence-corrected chi connectivity index (χ4v) is 0.880. The van der Waals surface area contributed by atoms with Gasteiger partial charge in [0.1, 0.15) is 18.3 Å². The second-order valence-corrected chi connectivity index (χ2v) is 2.23. The molecule has 5 nitrogen and oxygen atoms in total. The molecule has 60 valence electrons. The molecule has 1 rings (SSSR count). The zero-order chi connectivity index (χ0) is 7.72. The van der Waals surface area contributed by atoms with Crippen molar-refractivity contribution in [2.24, 2.45) is 0 Å². The van der Waals surface area contributed by atoms with Gasteiger partial charge in [-0.05, 0) is 0 Å². The van der Waals surface area contributed by atoms with E-state index in [0.717, 1.165) is 0 Å². The fourth-order valence-electron chi connectivity index (χ4n) is 0.880. The molecule has 1 aliphatic rings. The van der Waals surface area contributed by atoms with E-state index in [1.54, 1.807) is 0 Å². The normalized spacial score (nSPS) is 48.0. The molecule has 1 heterocycles. The monoisotopic (exact) mass is 150 g/mol. The first-order valence-electron chi connectivity index (χ1n) is 2.97. The van der Waals surface area contributed by atoms with Gasteiger partial charge in [0.2, 0.25) is 0 Å². The molecule has 1 unspecified atom stereocenters. The highest BCUT2D eigenvalue weighted by atomic mass is 16.6. The third-order valence-electron chi connectivity index (χ3n) is 1.52. The number of aliphatic hydroxyl groups excluding tert-OH is 4. The van der Waals surface area contributed by atoms with E-state index in [0.29, 0.717) is 0 Å². The number of rotatable bonds is 1. The molecule has 0 aromatic rings. The largest absolute Gasteiger partial charge is 0.394 e. The lowest BCUT2D eigenvalue weighted by Crippen LogP contribution is -2.33. The van der Waals surface area contributed by atoms with Crippen molar-refractivity contribution in [2.45, 2.75) is 24.6 Å². The topological polar surface area (TPSA) is 90.2 Å². The molecule has 4 N–H and O–H groups in total. The highest BCUT2D eigenvalue weighted by molar-refractivity contribution is 4.84. The Labute approximate surface area is 57.5 Å². The van der Waals surface area contributed by atoms with E-state index in [4.69, 9.17) is 20.4 Å². The highest BCUT2D eigenvalue weighted by Gasteiger charge is 2.41.